The molecule has 0 spiro atoms. The maximum atomic E-state index is 13.9. The molecule has 0 aliphatic heterocycles. The van der Waals surface area contributed by atoms with Gasteiger partial charge >= 0.3 is 0 Å². The van der Waals surface area contributed by atoms with Gasteiger partial charge in [-0.15, -0.1) is 0 Å². The zero-order valence-electron chi connectivity index (χ0n) is 11.7. The summed E-state index contributed by atoms with van der Waals surface area (Å²) in [5.41, 5.74) is 2.09. The Morgan fingerprint density at radius 2 is 1.90 bits per heavy atom. The summed E-state index contributed by atoms with van der Waals surface area (Å²) in [5, 5.41) is 3.01. The van der Waals surface area contributed by atoms with E-state index in [1.807, 2.05) is 25.1 Å². The van der Waals surface area contributed by atoms with Gasteiger partial charge in [-0.2, -0.15) is 0 Å². The molecule has 106 valence electrons. The molecule has 0 saturated carbocycles. The van der Waals surface area contributed by atoms with Crippen molar-refractivity contribution in [3.8, 4) is 5.75 Å². The van der Waals surface area contributed by atoms with Gasteiger partial charge in [-0.25, -0.2) is 8.78 Å². The molecular formula is C16H17F2NO. The summed E-state index contributed by atoms with van der Waals surface area (Å²) in [6, 6.07) is 9.37. The summed E-state index contributed by atoms with van der Waals surface area (Å²) in [7, 11) is 3.30. The Balaban J connectivity index is 2.49. The van der Waals surface area contributed by atoms with E-state index in [1.165, 1.54) is 6.07 Å². The van der Waals surface area contributed by atoms with E-state index in [0.29, 0.717) is 0 Å². The molecule has 20 heavy (non-hydrogen) atoms. The molecule has 2 aromatic rings. The molecule has 2 aromatic carbocycles. The number of hydrogen-bond donors (Lipinski definition) is 1. The quantitative estimate of drug-likeness (QED) is 0.922. The third-order valence-electron chi connectivity index (χ3n) is 3.35. The minimum absolute atomic E-state index is 0.276. The summed E-state index contributed by atoms with van der Waals surface area (Å²) in [6.07, 6.45) is 0. The van der Waals surface area contributed by atoms with Crippen molar-refractivity contribution in [2.24, 2.45) is 0 Å². The number of ether oxygens (including phenoxy) is 1. The Kier molecular flexibility index (Phi) is 4.35. The van der Waals surface area contributed by atoms with Crippen molar-refractivity contribution in [3.05, 3.63) is 64.7 Å². The van der Waals surface area contributed by atoms with Crippen molar-refractivity contribution in [3.63, 3.8) is 0 Å². The van der Waals surface area contributed by atoms with Crippen LogP contribution in [0, 0.1) is 18.6 Å². The molecule has 2 nitrogen and oxygen atoms in total. The monoisotopic (exact) mass is 277 g/mol. The van der Waals surface area contributed by atoms with E-state index in [4.69, 9.17) is 4.74 Å². The summed E-state index contributed by atoms with van der Waals surface area (Å²) in [5.74, 6) is -0.951. The normalized spacial score (nSPS) is 12.2. The van der Waals surface area contributed by atoms with Crippen molar-refractivity contribution in [2.75, 3.05) is 14.2 Å². The molecule has 0 saturated heterocycles. The lowest BCUT2D eigenvalue weighted by Crippen LogP contribution is -2.19. The lowest BCUT2D eigenvalue weighted by molar-refractivity contribution is 0.410. The predicted octanol–water partition coefficient (Wildman–Crippen LogP) is 3.59. The molecule has 4 heteroatoms. The fourth-order valence-electron chi connectivity index (χ4n) is 2.26. The van der Waals surface area contributed by atoms with E-state index >= 15 is 0 Å². The molecule has 1 N–H and O–H groups in total. The first-order valence-corrected chi connectivity index (χ1v) is 6.34. The van der Waals surface area contributed by atoms with Gasteiger partial charge in [-0.3, -0.25) is 0 Å². The van der Waals surface area contributed by atoms with Crippen LogP contribution in [0.1, 0.15) is 22.7 Å². The number of benzene rings is 2. The molecule has 0 amide bonds. The highest BCUT2D eigenvalue weighted by molar-refractivity contribution is 5.41. The van der Waals surface area contributed by atoms with Gasteiger partial charge in [-0.05, 0) is 37.2 Å². The maximum Gasteiger partial charge on any atom is 0.163 e. The highest BCUT2D eigenvalue weighted by Crippen LogP contribution is 2.29. The van der Waals surface area contributed by atoms with Crippen LogP contribution in [0.5, 0.6) is 5.75 Å². The molecule has 0 aromatic heterocycles. The molecule has 1 atom stereocenters. The molecular weight excluding hydrogens is 260 g/mol. The summed E-state index contributed by atoms with van der Waals surface area (Å²) in [6.45, 7) is 1.93. The van der Waals surface area contributed by atoms with Crippen molar-refractivity contribution in [2.45, 2.75) is 13.0 Å². The summed E-state index contributed by atoms with van der Waals surface area (Å²) < 4.78 is 32.6. The van der Waals surface area contributed by atoms with E-state index in [1.54, 1.807) is 20.2 Å². The van der Waals surface area contributed by atoms with E-state index < -0.39 is 17.7 Å². The lowest BCUT2D eigenvalue weighted by Gasteiger charge is -2.19. The van der Waals surface area contributed by atoms with Crippen molar-refractivity contribution in [1.82, 2.24) is 5.32 Å². The minimum atomic E-state index is -0.846. The SMILES string of the molecule is CNC(c1ccc(C)c(OC)c1)c1cccc(F)c1F. The van der Waals surface area contributed by atoms with Gasteiger partial charge in [0.05, 0.1) is 13.2 Å². The Morgan fingerprint density at radius 1 is 1.15 bits per heavy atom. The van der Waals surface area contributed by atoms with Gasteiger partial charge in [-0.1, -0.05) is 24.3 Å². The topological polar surface area (TPSA) is 21.3 Å². The number of hydrogen-bond acceptors (Lipinski definition) is 2. The van der Waals surface area contributed by atoms with E-state index in [9.17, 15) is 8.78 Å². The Hall–Kier alpha value is -1.94. The van der Waals surface area contributed by atoms with Crippen LogP contribution in [-0.4, -0.2) is 14.2 Å². The Labute approximate surface area is 117 Å². The van der Waals surface area contributed by atoms with Crippen LogP contribution in [0.2, 0.25) is 0 Å². The van der Waals surface area contributed by atoms with Gasteiger partial charge in [0.1, 0.15) is 5.75 Å². The van der Waals surface area contributed by atoms with Crippen LogP contribution in [0.3, 0.4) is 0 Å². The molecule has 0 bridgehead atoms. The average molecular weight is 277 g/mol. The van der Waals surface area contributed by atoms with Gasteiger partial charge in [0, 0.05) is 5.56 Å². The summed E-state index contributed by atoms with van der Waals surface area (Å²) in [4.78, 5) is 0. The first-order valence-electron chi connectivity index (χ1n) is 6.34. The van der Waals surface area contributed by atoms with Crippen LogP contribution < -0.4 is 10.1 Å². The van der Waals surface area contributed by atoms with Crippen molar-refractivity contribution < 1.29 is 13.5 Å². The zero-order chi connectivity index (χ0) is 14.7. The first kappa shape index (κ1) is 14.5. The van der Waals surface area contributed by atoms with E-state index in [-0.39, 0.29) is 5.56 Å². The van der Waals surface area contributed by atoms with Crippen LogP contribution in [0.15, 0.2) is 36.4 Å². The second kappa shape index (κ2) is 6.01. The molecule has 0 heterocycles. The number of nitrogens with one attached hydrogen (secondary N) is 1. The zero-order valence-corrected chi connectivity index (χ0v) is 11.7. The van der Waals surface area contributed by atoms with Gasteiger partial charge in [0.25, 0.3) is 0 Å². The first-order chi connectivity index (χ1) is 9.58. The standard InChI is InChI=1S/C16H17F2NO/c1-10-7-8-11(9-14(10)20-3)16(19-2)12-5-4-6-13(17)15(12)18/h4-9,16,19H,1-3H3. The van der Waals surface area contributed by atoms with Crippen LogP contribution in [0.4, 0.5) is 8.78 Å². The van der Waals surface area contributed by atoms with Crippen LogP contribution in [-0.2, 0) is 0 Å². The third-order valence-corrected chi connectivity index (χ3v) is 3.35. The number of rotatable bonds is 4. The predicted molar refractivity (Wildman–Crippen MR) is 75.0 cm³/mol. The lowest BCUT2D eigenvalue weighted by atomic mass is 9.97. The molecule has 0 fully saturated rings. The summed E-state index contributed by atoms with van der Waals surface area (Å²) >= 11 is 0. The highest BCUT2D eigenvalue weighted by Gasteiger charge is 2.19. The number of methoxy groups -OCH3 is 1. The third kappa shape index (κ3) is 2.65. The number of halogens is 2. The Morgan fingerprint density at radius 3 is 2.55 bits per heavy atom. The van der Waals surface area contributed by atoms with Gasteiger partial charge in [0.15, 0.2) is 11.6 Å². The molecule has 1 unspecified atom stereocenters. The minimum Gasteiger partial charge on any atom is -0.496 e. The number of aryl methyl sites for hydroxylation is 1. The molecule has 0 aliphatic rings. The second-order valence-electron chi connectivity index (χ2n) is 4.59. The van der Waals surface area contributed by atoms with Crippen LogP contribution >= 0.6 is 0 Å². The molecule has 0 aliphatic carbocycles. The maximum absolute atomic E-state index is 13.9. The van der Waals surface area contributed by atoms with Gasteiger partial charge < -0.3 is 10.1 Å². The molecule has 0 radical (unpaired) electrons. The van der Waals surface area contributed by atoms with Crippen LogP contribution in [0.25, 0.3) is 0 Å². The molecule has 2 rings (SSSR count). The highest BCUT2D eigenvalue weighted by atomic mass is 19.2. The fourth-order valence-corrected chi connectivity index (χ4v) is 2.26. The Bertz CT molecular complexity index is 613. The largest absolute Gasteiger partial charge is 0.496 e. The second-order valence-corrected chi connectivity index (χ2v) is 4.59. The fraction of sp³-hybridized carbons (Fsp3) is 0.250. The van der Waals surface area contributed by atoms with Gasteiger partial charge in [0.2, 0.25) is 0 Å². The van der Waals surface area contributed by atoms with E-state index in [0.717, 1.165) is 22.9 Å². The van der Waals surface area contributed by atoms with E-state index in [2.05, 4.69) is 5.32 Å². The van der Waals surface area contributed by atoms with Crippen molar-refractivity contribution >= 4 is 0 Å². The smallest absolute Gasteiger partial charge is 0.163 e. The van der Waals surface area contributed by atoms with Crippen molar-refractivity contribution in [1.29, 1.82) is 0 Å². The average Bonchev–Trinajstić information content (AvgIpc) is 2.45.